The van der Waals surface area contributed by atoms with Gasteiger partial charge in [0.2, 0.25) is 5.91 Å². The molecule has 2 aromatic rings. The smallest absolute Gasteiger partial charge is 0.422 e. The molecule has 0 heterocycles. The van der Waals surface area contributed by atoms with Crippen molar-refractivity contribution in [1.82, 2.24) is 0 Å². The fourth-order valence-corrected chi connectivity index (χ4v) is 2.94. The van der Waals surface area contributed by atoms with Crippen LogP contribution in [0.25, 0.3) is 0 Å². The van der Waals surface area contributed by atoms with Gasteiger partial charge in [-0.1, -0.05) is 23.7 Å². The van der Waals surface area contributed by atoms with Gasteiger partial charge in [-0.25, -0.2) is 0 Å². The summed E-state index contributed by atoms with van der Waals surface area (Å²) in [7, 11) is 0. The zero-order chi connectivity index (χ0) is 20.6. The standard InChI is InChI=1S/C18H15ClF3N3O2S/c19-12-5-6-15(27-11-18(20,21)22)14(9-12)24-10-17(26)25-13-3-1-2-4-16(13)28-8-7-23/h1-6,9,24H,8,10-11H2,(H,25,26). The lowest BCUT2D eigenvalue weighted by Gasteiger charge is -2.15. The quantitative estimate of drug-likeness (QED) is 0.581. The van der Waals surface area contributed by atoms with Crippen molar-refractivity contribution in [1.29, 1.82) is 5.26 Å². The number of nitrogens with one attached hydrogen (secondary N) is 2. The van der Waals surface area contributed by atoms with Gasteiger partial charge >= 0.3 is 6.18 Å². The number of ether oxygens (including phenoxy) is 1. The summed E-state index contributed by atoms with van der Waals surface area (Å²) < 4.78 is 41.9. The van der Waals surface area contributed by atoms with Crippen LogP contribution in [0.3, 0.4) is 0 Å². The lowest BCUT2D eigenvalue weighted by atomic mass is 10.3. The Bertz CT molecular complexity index is 872. The molecule has 10 heteroatoms. The zero-order valence-electron chi connectivity index (χ0n) is 14.3. The predicted octanol–water partition coefficient (Wildman–Crippen LogP) is 4.95. The molecule has 28 heavy (non-hydrogen) atoms. The van der Waals surface area contributed by atoms with Gasteiger partial charge in [-0.15, -0.1) is 11.8 Å². The number of alkyl halides is 3. The van der Waals surface area contributed by atoms with Gasteiger partial charge < -0.3 is 15.4 Å². The molecule has 0 aliphatic carbocycles. The maximum Gasteiger partial charge on any atom is 0.422 e. The Balaban J connectivity index is 2.01. The first-order chi connectivity index (χ1) is 13.3. The minimum atomic E-state index is -4.49. The number of halogens is 4. The lowest BCUT2D eigenvalue weighted by molar-refractivity contribution is -0.153. The third-order valence-electron chi connectivity index (χ3n) is 3.23. The first-order valence-corrected chi connectivity index (χ1v) is 9.26. The van der Waals surface area contributed by atoms with Gasteiger partial charge in [0.15, 0.2) is 6.61 Å². The second-order valence-corrected chi connectivity index (χ2v) is 6.84. The second kappa shape index (κ2) is 10.1. The molecule has 148 valence electrons. The molecule has 0 aromatic heterocycles. The number of hydrogen-bond acceptors (Lipinski definition) is 5. The Kier molecular flexibility index (Phi) is 7.84. The van der Waals surface area contributed by atoms with Gasteiger partial charge in [0.05, 0.1) is 29.7 Å². The highest BCUT2D eigenvalue weighted by Crippen LogP contribution is 2.30. The van der Waals surface area contributed by atoms with Crippen LogP contribution in [-0.2, 0) is 4.79 Å². The summed E-state index contributed by atoms with van der Waals surface area (Å²) >= 11 is 7.15. The third kappa shape index (κ3) is 7.21. The minimum Gasteiger partial charge on any atom is -0.482 e. The molecule has 0 bridgehead atoms. The molecule has 0 spiro atoms. The summed E-state index contributed by atoms with van der Waals surface area (Å²) in [6.07, 6.45) is -4.49. The molecular weight excluding hydrogens is 415 g/mol. The number of para-hydroxylation sites is 1. The van der Waals surface area contributed by atoms with Gasteiger partial charge in [-0.05, 0) is 30.3 Å². The average molecular weight is 430 g/mol. The van der Waals surface area contributed by atoms with Crippen molar-refractivity contribution in [3.05, 3.63) is 47.5 Å². The molecule has 0 fully saturated rings. The Hall–Kier alpha value is -2.57. The van der Waals surface area contributed by atoms with Gasteiger partial charge in [0.1, 0.15) is 5.75 Å². The van der Waals surface area contributed by atoms with Crippen LogP contribution in [0.4, 0.5) is 24.5 Å². The summed E-state index contributed by atoms with van der Waals surface area (Å²) in [5, 5.41) is 14.4. The summed E-state index contributed by atoms with van der Waals surface area (Å²) in [6, 6.07) is 13.0. The monoisotopic (exact) mass is 429 g/mol. The van der Waals surface area contributed by atoms with E-state index in [4.69, 9.17) is 21.6 Å². The molecular formula is C18H15ClF3N3O2S. The molecule has 0 radical (unpaired) electrons. The van der Waals surface area contributed by atoms with E-state index in [0.717, 1.165) is 4.90 Å². The van der Waals surface area contributed by atoms with E-state index in [2.05, 4.69) is 10.6 Å². The molecule has 2 rings (SSSR count). The molecule has 0 saturated heterocycles. The fraction of sp³-hybridized carbons (Fsp3) is 0.222. The predicted molar refractivity (Wildman–Crippen MR) is 103 cm³/mol. The highest BCUT2D eigenvalue weighted by molar-refractivity contribution is 7.99. The molecule has 0 unspecified atom stereocenters. The van der Waals surface area contributed by atoms with Crippen molar-refractivity contribution in [3.8, 4) is 11.8 Å². The number of anilines is 2. The van der Waals surface area contributed by atoms with Crippen molar-refractivity contribution in [2.24, 2.45) is 0 Å². The average Bonchev–Trinajstić information content (AvgIpc) is 2.64. The van der Waals surface area contributed by atoms with E-state index >= 15 is 0 Å². The van der Waals surface area contributed by atoms with E-state index in [-0.39, 0.29) is 28.8 Å². The van der Waals surface area contributed by atoms with Gasteiger partial charge in [0.25, 0.3) is 0 Å². The van der Waals surface area contributed by atoms with Crippen LogP contribution in [0, 0.1) is 11.3 Å². The highest BCUT2D eigenvalue weighted by atomic mass is 35.5. The molecule has 2 aromatic carbocycles. The summed E-state index contributed by atoms with van der Waals surface area (Å²) in [4.78, 5) is 13.0. The molecule has 1 amide bonds. The number of nitriles is 1. The number of hydrogen-bond donors (Lipinski definition) is 2. The van der Waals surface area contributed by atoms with Crippen molar-refractivity contribution < 1.29 is 22.7 Å². The Morgan fingerprint density at radius 3 is 2.68 bits per heavy atom. The SMILES string of the molecule is N#CCSc1ccccc1NC(=O)CNc1cc(Cl)ccc1OCC(F)(F)F. The normalized spacial score (nSPS) is 10.8. The van der Waals surface area contributed by atoms with E-state index in [9.17, 15) is 18.0 Å². The third-order valence-corrected chi connectivity index (χ3v) is 4.40. The van der Waals surface area contributed by atoms with E-state index in [0.29, 0.717) is 5.69 Å². The number of rotatable bonds is 8. The Labute approximate surface area is 168 Å². The van der Waals surface area contributed by atoms with Crippen LogP contribution in [0.5, 0.6) is 5.75 Å². The van der Waals surface area contributed by atoms with Crippen molar-refractivity contribution in [3.63, 3.8) is 0 Å². The number of thioether (sulfide) groups is 1. The molecule has 0 saturated carbocycles. The fourth-order valence-electron chi connectivity index (χ4n) is 2.10. The largest absolute Gasteiger partial charge is 0.482 e. The van der Waals surface area contributed by atoms with Crippen LogP contribution in [-0.4, -0.2) is 31.0 Å². The van der Waals surface area contributed by atoms with Crippen LogP contribution < -0.4 is 15.4 Å². The van der Waals surface area contributed by atoms with Gasteiger partial charge in [-0.2, -0.15) is 18.4 Å². The summed E-state index contributed by atoms with van der Waals surface area (Å²) in [6.45, 7) is -1.68. The molecule has 0 aliphatic rings. The number of benzene rings is 2. The second-order valence-electron chi connectivity index (χ2n) is 5.39. The van der Waals surface area contributed by atoms with E-state index in [1.807, 2.05) is 6.07 Å². The first-order valence-electron chi connectivity index (χ1n) is 7.90. The maximum atomic E-state index is 12.4. The van der Waals surface area contributed by atoms with Gasteiger partial charge in [0, 0.05) is 9.92 Å². The summed E-state index contributed by atoms with van der Waals surface area (Å²) in [5.74, 6) is -0.264. The van der Waals surface area contributed by atoms with E-state index < -0.39 is 18.7 Å². The maximum absolute atomic E-state index is 12.4. The van der Waals surface area contributed by atoms with Crippen LogP contribution in [0.2, 0.25) is 5.02 Å². The molecule has 2 N–H and O–H groups in total. The lowest BCUT2D eigenvalue weighted by Crippen LogP contribution is -2.23. The van der Waals surface area contributed by atoms with Crippen LogP contribution >= 0.6 is 23.4 Å². The number of nitrogens with zero attached hydrogens (tertiary/aromatic N) is 1. The number of carbonyl (C=O) groups excluding carboxylic acids is 1. The molecule has 0 aliphatic heterocycles. The van der Waals surface area contributed by atoms with Crippen molar-refractivity contribution >= 4 is 40.6 Å². The zero-order valence-corrected chi connectivity index (χ0v) is 15.9. The summed E-state index contributed by atoms with van der Waals surface area (Å²) in [5.41, 5.74) is 0.702. The van der Waals surface area contributed by atoms with Crippen molar-refractivity contribution in [2.75, 3.05) is 29.5 Å². The Morgan fingerprint density at radius 1 is 1.21 bits per heavy atom. The van der Waals surface area contributed by atoms with E-state index in [1.165, 1.54) is 30.0 Å². The van der Waals surface area contributed by atoms with Crippen molar-refractivity contribution in [2.45, 2.75) is 11.1 Å². The van der Waals surface area contributed by atoms with Crippen LogP contribution in [0.15, 0.2) is 47.4 Å². The Morgan fingerprint density at radius 2 is 1.96 bits per heavy atom. The molecule has 5 nitrogen and oxygen atoms in total. The van der Waals surface area contributed by atoms with Crippen LogP contribution in [0.1, 0.15) is 0 Å². The number of amides is 1. The molecule has 0 atom stereocenters. The topological polar surface area (TPSA) is 74.2 Å². The minimum absolute atomic E-state index is 0.0699. The van der Waals surface area contributed by atoms with E-state index in [1.54, 1.807) is 24.3 Å². The first kappa shape index (κ1) is 21.7. The number of carbonyl (C=O) groups is 1. The van der Waals surface area contributed by atoms with Gasteiger partial charge in [-0.3, -0.25) is 4.79 Å². The highest BCUT2D eigenvalue weighted by Gasteiger charge is 2.28.